The molecule has 136 valence electrons. The Bertz CT molecular complexity index is 654. The van der Waals surface area contributed by atoms with Crippen LogP contribution >= 0.6 is 0 Å². The van der Waals surface area contributed by atoms with E-state index in [1.807, 2.05) is 6.92 Å². The Morgan fingerprint density at radius 1 is 1.08 bits per heavy atom. The minimum Gasteiger partial charge on any atom is -0.314 e. The number of piperidine rings is 1. The van der Waals surface area contributed by atoms with E-state index in [1.54, 1.807) is 0 Å². The summed E-state index contributed by atoms with van der Waals surface area (Å²) in [5.74, 6) is 3.28. The van der Waals surface area contributed by atoms with Crippen LogP contribution in [-0.4, -0.2) is 38.8 Å². The predicted octanol–water partition coefficient (Wildman–Crippen LogP) is 2.85. The van der Waals surface area contributed by atoms with Gasteiger partial charge in [0, 0.05) is 32.2 Å². The molecule has 2 aromatic rings. The maximum Gasteiger partial charge on any atom is 0.146 e. The molecule has 1 saturated heterocycles. The molecule has 5 nitrogen and oxygen atoms in total. The van der Waals surface area contributed by atoms with Gasteiger partial charge in [-0.15, -0.1) is 10.2 Å². The van der Waals surface area contributed by atoms with Crippen molar-refractivity contribution in [3.8, 4) is 0 Å². The third-order valence-corrected chi connectivity index (χ3v) is 5.39. The van der Waals surface area contributed by atoms with Crippen LogP contribution in [0.4, 0.5) is 0 Å². The molecule has 0 aliphatic carbocycles. The van der Waals surface area contributed by atoms with Gasteiger partial charge < -0.3 is 9.88 Å². The number of nitrogens with zero attached hydrogens (tertiary/aromatic N) is 4. The van der Waals surface area contributed by atoms with Gasteiger partial charge in [-0.05, 0) is 31.2 Å². The van der Waals surface area contributed by atoms with Crippen LogP contribution in [0.1, 0.15) is 38.0 Å². The zero-order valence-electron chi connectivity index (χ0n) is 15.9. The van der Waals surface area contributed by atoms with Crippen LogP contribution in [0, 0.1) is 18.8 Å². The van der Waals surface area contributed by atoms with E-state index in [0.29, 0.717) is 17.9 Å². The number of aryl methyl sites for hydroxylation is 1. The molecule has 1 fully saturated rings. The second-order valence-corrected chi connectivity index (χ2v) is 7.45. The fourth-order valence-electron chi connectivity index (χ4n) is 4.23. The van der Waals surface area contributed by atoms with Crippen LogP contribution < -0.4 is 5.32 Å². The van der Waals surface area contributed by atoms with Gasteiger partial charge in [-0.2, -0.15) is 0 Å². The second-order valence-electron chi connectivity index (χ2n) is 7.45. The molecular formula is C20H31N5. The highest BCUT2D eigenvalue weighted by Gasteiger charge is 2.31. The molecule has 5 heteroatoms. The van der Waals surface area contributed by atoms with Crippen LogP contribution in [0.5, 0.6) is 0 Å². The summed E-state index contributed by atoms with van der Waals surface area (Å²) >= 11 is 0. The van der Waals surface area contributed by atoms with Gasteiger partial charge in [-0.1, -0.05) is 44.2 Å². The van der Waals surface area contributed by atoms with Crippen molar-refractivity contribution < 1.29 is 0 Å². The molecule has 1 aromatic heterocycles. The molecule has 0 spiro atoms. The summed E-state index contributed by atoms with van der Waals surface area (Å²) in [4.78, 5) is 2.58. The average molecular weight is 342 g/mol. The molecule has 1 aromatic carbocycles. The molecule has 1 aliphatic rings. The van der Waals surface area contributed by atoms with Crippen LogP contribution in [-0.2, 0) is 19.6 Å². The molecule has 3 rings (SSSR count). The molecule has 0 saturated carbocycles. The lowest BCUT2D eigenvalue weighted by Gasteiger charge is -2.42. The summed E-state index contributed by atoms with van der Waals surface area (Å²) in [5, 5.41) is 12.3. The van der Waals surface area contributed by atoms with Gasteiger partial charge in [0.1, 0.15) is 11.6 Å². The van der Waals surface area contributed by atoms with E-state index >= 15 is 0 Å². The smallest absolute Gasteiger partial charge is 0.146 e. The summed E-state index contributed by atoms with van der Waals surface area (Å²) in [6.07, 6.45) is 0. The Balaban J connectivity index is 1.57. The highest BCUT2D eigenvalue weighted by atomic mass is 15.3. The SMILES string of the molecule is CCn1c(C)nnc1CNC1[C@@H](C)CN(Cc2ccccc2)C[C@@H]1C. The first-order valence-corrected chi connectivity index (χ1v) is 9.46. The number of likely N-dealkylation sites (tertiary alicyclic amines) is 1. The fourth-order valence-corrected chi connectivity index (χ4v) is 4.23. The van der Waals surface area contributed by atoms with E-state index < -0.39 is 0 Å². The first-order valence-electron chi connectivity index (χ1n) is 9.46. The van der Waals surface area contributed by atoms with Gasteiger partial charge in [0.25, 0.3) is 0 Å². The van der Waals surface area contributed by atoms with Crippen molar-refractivity contribution in [1.82, 2.24) is 25.0 Å². The first kappa shape index (κ1) is 18.1. The molecule has 1 aliphatic heterocycles. The third kappa shape index (κ3) is 4.28. The summed E-state index contributed by atoms with van der Waals surface area (Å²) in [6, 6.07) is 11.3. The van der Waals surface area contributed by atoms with Crippen LogP contribution in [0.3, 0.4) is 0 Å². The van der Waals surface area contributed by atoms with Crippen LogP contribution in [0.15, 0.2) is 30.3 Å². The van der Waals surface area contributed by atoms with Crippen molar-refractivity contribution in [2.24, 2.45) is 11.8 Å². The highest BCUT2D eigenvalue weighted by molar-refractivity contribution is 5.14. The lowest BCUT2D eigenvalue weighted by molar-refractivity contribution is 0.0934. The number of nitrogens with one attached hydrogen (secondary N) is 1. The lowest BCUT2D eigenvalue weighted by Crippen LogP contribution is -2.53. The molecule has 2 heterocycles. The zero-order chi connectivity index (χ0) is 17.8. The molecule has 0 radical (unpaired) electrons. The second kappa shape index (κ2) is 8.11. The van der Waals surface area contributed by atoms with Crippen molar-refractivity contribution in [3.63, 3.8) is 0 Å². The van der Waals surface area contributed by atoms with Crippen molar-refractivity contribution in [2.45, 2.75) is 53.4 Å². The maximum atomic E-state index is 4.33. The van der Waals surface area contributed by atoms with Gasteiger partial charge in [0.2, 0.25) is 0 Å². The quantitative estimate of drug-likeness (QED) is 0.878. The van der Waals surface area contributed by atoms with E-state index in [-0.39, 0.29) is 0 Å². The predicted molar refractivity (Wildman–Crippen MR) is 101 cm³/mol. The third-order valence-electron chi connectivity index (χ3n) is 5.39. The largest absolute Gasteiger partial charge is 0.314 e. The Kier molecular flexibility index (Phi) is 5.86. The van der Waals surface area contributed by atoms with Crippen molar-refractivity contribution in [2.75, 3.05) is 13.1 Å². The highest BCUT2D eigenvalue weighted by Crippen LogP contribution is 2.24. The Hall–Kier alpha value is -1.72. The Morgan fingerprint density at radius 2 is 1.76 bits per heavy atom. The van der Waals surface area contributed by atoms with Crippen molar-refractivity contribution in [1.29, 1.82) is 0 Å². The van der Waals surface area contributed by atoms with E-state index in [4.69, 9.17) is 0 Å². The standard InChI is InChI=1S/C20H31N5/c1-5-25-17(4)22-23-19(25)11-21-20-15(2)12-24(13-16(20)3)14-18-9-7-6-8-10-18/h6-10,15-16,20-21H,5,11-14H2,1-4H3/t15-,16-/m0/s1. The summed E-state index contributed by atoms with van der Waals surface area (Å²) in [6.45, 7) is 13.9. The first-order chi connectivity index (χ1) is 12.1. The van der Waals surface area contributed by atoms with E-state index in [2.05, 4.69) is 76.1 Å². The van der Waals surface area contributed by atoms with Crippen LogP contribution in [0.2, 0.25) is 0 Å². The van der Waals surface area contributed by atoms with Gasteiger partial charge in [-0.3, -0.25) is 4.90 Å². The van der Waals surface area contributed by atoms with E-state index in [9.17, 15) is 0 Å². The molecular weight excluding hydrogens is 310 g/mol. The number of benzene rings is 1. The molecule has 0 amide bonds. The Morgan fingerprint density at radius 3 is 2.40 bits per heavy atom. The summed E-state index contributed by atoms with van der Waals surface area (Å²) < 4.78 is 2.19. The molecule has 25 heavy (non-hydrogen) atoms. The Labute approximate surface area is 151 Å². The van der Waals surface area contributed by atoms with Gasteiger partial charge in [0.15, 0.2) is 0 Å². The van der Waals surface area contributed by atoms with E-state index in [0.717, 1.165) is 44.4 Å². The van der Waals surface area contributed by atoms with E-state index in [1.165, 1.54) is 5.56 Å². The maximum absolute atomic E-state index is 4.33. The fraction of sp³-hybridized carbons (Fsp3) is 0.600. The number of hydrogen-bond donors (Lipinski definition) is 1. The minimum atomic E-state index is 0.523. The normalized spacial score (nSPS) is 22.4. The zero-order valence-corrected chi connectivity index (χ0v) is 15.9. The molecule has 1 N–H and O–H groups in total. The average Bonchev–Trinajstić information content (AvgIpc) is 2.95. The van der Waals surface area contributed by atoms with Gasteiger partial charge in [0.05, 0.1) is 6.54 Å². The molecule has 0 unspecified atom stereocenters. The van der Waals surface area contributed by atoms with Gasteiger partial charge in [-0.25, -0.2) is 0 Å². The summed E-state index contributed by atoms with van der Waals surface area (Å²) in [5.41, 5.74) is 1.40. The lowest BCUT2D eigenvalue weighted by atomic mass is 9.85. The number of rotatable bonds is 6. The van der Waals surface area contributed by atoms with Crippen LogP contribution in [0.25, 0.3) is 0 Å². The number of aromatic nitrogens is 3. The summed E-state index contributed by atoms with van der Waals surface area (Å²) in [7, 11) is 0. The minimum absolute atomic E-state index is 0.523. The van der Waals surface area contributed by atoms with Gasteiger partial charge >= 0.3 is 0 Å². The van der Waals surface area contributed by atoms with Crippen molar-refractivity contribution >= 4 is 0 Å². The monoisotopic (exact) mass is 341 g/mol. The molecule has 0 bridgehead atoms. The number of hydrogen-bond acceptors (Lipinski definition) is 4. The molecule has 2 atom stereocenters. The topological polar surface area (TPSA) is 46.0 Å². The van der Waals surface area contributed by atoms with Crippen molar-refractivity contribution in [3.05, 3.63) is 47.5 Å².